The van der Waals surface area contributed by atoms with Gasteiger partial charge in [0.05, 0.1) is 12.8 Å². The van der Waals surface area contributed by atoms with Crippen LogP contribution in [-0.4, -0.2) is 19.6 Å². The molecule has 5 heteroatoms. The Bertz CT molecular complexity index is 644. The maximum Gasteiger partial charge on any atom is 0.251 e. The molecule has 0 saturated heterocycles. The number of nitrogens with two attached hydrogens (primary N) is 1. The van der Waals surface area contributed by atoms with Crippen molar-refractivity contribution in [2.24, 2.45) is 0 Å². The lowest BCUT2D eigenvalue weighted by molar-refractivity contribution is 0.0954. The molecule has 110 valence electrons. The van der Waals surface area contributed by atoms with Crippen molar-refractivity contribution in [3.8, 4) is 5.75 Å². The fraction of sp³-hybridized carbons (Fsp3) is 0.188. The number of benzene rings is 2. The molecule has 0 aromatic heterocycles. The van der Waals surface area contributed by atoms with Crippen LogP contribution in [-0.2, 0) is 6.42 Å². The van der Waals surface area contributed by atoms with Crippen molar-refractivity contribution in [3.63, 3.8) is 0 Å². The summed E-state index contributed by atoms with van der Waals surface area (Å²) in [4.78, 5) is 11.9. The van der Waals surface area contributed by atoms with Gasteiger partial charge < -0.3 is 15.8 Å². The molecule has 0 bridgehead atoms. The van der Waals surface area contributed by atoms with Gasteiger partial charge in [0.1, 0.15) is 11.6 Å². The van der Waals surface area contributed by atoms with Gasteiger partial charge in [0.25, 0.3) is 5.91 Å². The molecule has 1 amide bonds. The molecule has 0 heterocycles. The summed E-state index contributed by atoms with van der Waals surface area (Å²) >= 11 is 0. The zero-order valence-electron chi connectivity index (χ0n) is 11.7. The van der Waals surface area contributed by atoms with E-state index in [1.807, 2.05) is 24.3 Å². The Balaban J connectivity index is 1.90. The van der Waals surface area contributed by atoms with Crippen molar-refractivity contribution in [3.05, 3.63) is 59.4 Å². The van der Waals surface area contributed by atoms with Gasteiger partial charge in [0.2, 0.25) is 0 Å². The van der Waals surface area contributed by atoms with Crippen molar-refractivity contribution < 1.29 is 13.9 Å². The Morgan fingerprint density at radius 2 is 2.10 bits per heavy atom. The lowest BCUT2D eigenvalue weighted by atomic mass is 10.1. The van der Waals surface area contributed by atoms with Crippen LogP contribution >= 0.6 is 0 Å². The molecule has 0 radical (unpaired) electrons. The third-order valence-corrected chi connectivity index (χ3v) is 3.09. The van der Waals surface area contributed by atoms with Gasteiger partial charge in [-0.15, -0.1) is 0 Å². The lowest BCUT2D eigenvalue weighted by Gasteiger charge is -2.07. The largest absolute Gasteiger partial charge is 0.497 e. The molecule has 21 heavy (non-hydrogen) atoms. The van der Waals surface area contributed by atoms with Crippen LogP contribution in [0.15, 0.2) is 42.5 Å². The molecule has 0 atom stereocenters. The first-order chi connectivity index (χ1) is 10.1. The van der Waals surface area contributed by atoms with E-state index in [1.165, 1.54) is 18.2 Å². The predicted molar refractivity (Wildman–Crippen MR) is 79.8 cm³/mol. The average Bonchev–Trinajstić information content (AvgIpc) is 2.50. The average molecular weight is 288 g/mol. The SMILES string of the molecule is COc1cccc(CCNC(=O)c2ccc(F)c(N)c2)c1. The van der Waals surface area contributed by atoms with Gasteiger partial charge in [-0.1, -0.05) is 12.1 Å². The molecule has 0 saturated carbocycles. The quantitative estimate of drug-likeness (QED) is 0.830. The second-order valence-corrected chi connectivity index (χ2v) is 4.59. The van der Waals surface area contributed by atoms with Crippen LogP contribution < -0.4 is 15.8 Å². The minimum absolute atomic E-state index is 0.0320. The third kappa shape index (κ3) is 3.95. The van der Waals surface area contributed by atoms with E-state index in [0.717, 1.165) is 11.3 Å². The minimum atomic E-state index is -0.525. The number of ether oxygens (including phenoxy) is 1. The summed E-state index contributed by atoms with van der Waals surface area (Å²) in [5, 5.41) is 2.77. The van der Waals surface area contributed by atoms with Gasteiger partial charge in [0, 0.05) is 12.1 Å². The second kappa shape index (κ2) is 6.74. The monoisotopic (exact) mass is 288 g/mol. The smallest absolute Gasteiger partial charge is 0.251 e. The zero-order valence-corrected chi connectivity index (χ0v) is 11.7. The van der Waals surface area contributed by atoms with Crippen molar-refractivity contribution in [2.75, 3.05) is 19.4 Å². The highest BCUT2D eigenvalue weighted by atomic mass is 19.1. The number of amides is 1. The van der Waals surface area contributed by atoms with Crippen LogP contribution in [0, 0.1) is 5.82 Å². The molecular weight excluding hydrogens is 271 g/mol. The van der Waals surface area contributed by atoms with Gasteiger partial charge in [-0.05, 0) is 42.3 Å². The summed E-state index contributed by atoms with van der Waals surface area (Å²) in [5.74, 6) is -0.0161. The molecule has 0 aliphatic rings. The number of hydrogen-bond donors (Lipinski definition) is 2. The first-order valence-electron chi connectivity index (χ1n) is 6.56. The molecule has 2 aromatic rings. The van der Waals surface area contributed by atoms with Crippen LogP contribution in [0.4, 0.5) is 10.1 Å². The van der Waals surface area contributed by atoms with Crippen LogP contribution in [0.2, 0.25) is 0 Å². The highest BCUT2D eigenvalue weighted by Gasteiger charge is 2.07. The number of nitrogen functional groups attached to an aromatic ring is 1. The maximum absolute atomic E-state index is 13.0. The molecular formula is C16H17FN2O2. The number of methoxy groups -OCH3 is 1. The Morgan fingerprint density at radius 3 is 2.81 bits per heavy atom. The van der Waals surface area contributed by atoms with E-state index < -0.39 is 5.82 Å². The van der Waals surface area contributed by atoms with Crippen LogP contribution in [0.5, 0.6) is 5.75 Å². The molecule has 0 aliphatic carbocycles. The molecule has 2 rings (SSSR count). The molecule has 0 fully saturated rings. The highest BCUT2D eigenvalue weighted by molar-refractivity contribution is 5.95. The van der Waals surface area contributed by atoms with Gasteiger partial charge in [-0.2, -0.15) is 0 Å². The Labute approximate surface area is 122 Å². The third-order valence-electron chi connectivity index (χ3n) is 3.09. The summed E-state index contributed by atoms with van der Waals surface area (Å²) in [5.41, 5.74) is 6.82. The Kier molecular flexibility index (Phi) is 4.77. The number of halogens is 1. The number of nitrogens with one attached hydrogen (secondary N) is 1. The van der Waals surface area contributed by atoms with E-state index in [0.29, 0.717) is 18.5 Å². The van der Waals surface area contributed by atoms with Gasteiger partial charge in [-0.3, -0.25) is 4.79 Å². The second-order valence-electron chi connectivity index (χ2n) is 4.59. The van der Waals surface area contributed by atoms with E-state index in [1.54, 1.807) is 7.11 Å². The maximum atomic E-state index is 13.0. The van der Waals surface area contributed by atoms with Crippen molar-refractivity contribution in [2.45, 2.75) is 6.42 Å². The van der Waals surface area contributed by atoms with Crippen molar-refractivity contribution >= 4 is 11.6 Å². The highest BCUT2D eigenvalue weighted by Crippen LogP contribution is 2.13. The molecule has 3 N–H and O–H groups in total. The number of carbonyl (C=O) groups is 1. The lowest BCUT2D eigenvalue weighted by Crippen LogP contribution is -2.25. The van der Waals surface area contributed by atoms with Crippen LogP contribution in [0.3, 0.4) is 0 Å². The molecule has 2 aromatic carbocycles. The van der Waals surface area contributed by atoms with Crippen LogP contribution in [0.1, 0.15) is 15.9 Å². The molecule has 0 unspecified atom stereocenters. The molecule has 0 aliphatic heterocycles. The summed E-state index contributed by atoms with van der Waals surface area (Å²) in [6, 6.07) is 11.6. The Hall–Kier alpha value is -2.56. The van der Waals surface area contributed by atoms with Gasteiger partial charge in [-0.25, -0.2) is 4.39 Å². The van der Waals surface area contributed by atoms with E-state index in [2.05, 4.69) is 5.32 Å². The molecule has 0 spiro atoms. The number of rotatable bonds is 5. The standard InChI is InChI=1S/C16H17FN2O2/c1-21-13-4-2-3-11(9-13)7-8-19-16(20)12-5-6-14(17)15(18)10-12/h2-6,9-10H,7-8,18H2,1H3,(H,19,20). The number of anilines is 1. The van der Waals surface area contributed by atoms with E-state index in [9.17, 15) is 9.18 Å². The molecule has 4 nitrogen and oxygen atoms in total. The number of carbonyl (C=O) groups excluding carboxylic acids is 1. The summed E-state index contributed by atoms with van der Waals surface area (Å²) in [6.07, 6.45) is 0.680. The zero-order chi connectivity index (χ0) is 15.2. The van der Waals surface area contributed by atoms with E-state index in [4.69, 9.17) is 10.5 Å². The van der Waals surface area contributed by atoms with Gasteiger partial charge >= 0.3 is 0 Å². The fourth-order valence-electron chi connectivity index (χ4n) is 1.94. The first-order valence-corrected chi connectivity index (χ1v) is 6.56. The van der Waals surface area contributed by atoms with E-state index >= 15 is 0 Å². The number of hydrogen-bond acceptors (Lipinski definition) is 3. The topological polar surface area (TPSA) is 64.3 Å². The normalized spacial score (nSPS) is 10.2. The Morgan fingerprint density at radius 1 is 1.29 bits per heavy atom. The summed E-state index contributed by atoms with van der Waals surface area (Å²) in [6.45, 7) is 0.475. The van der Waals surface area contributed by atoms with Crippen molar-refractivity contribution in [1.29, 1.82) is 0 Å². The van der Waals surface area contributed by atoms with E-state index in [-0.39, 0.29) is 11.6 Å². The van der Waals surface area contributed by atoms with Crippen molar-refractivity contribution in [1.82, 2.24) is 5.32 Å². The fourth-order valence-corrected chi connectivity index (χ4v) is 1.94. The predicted octanol–water partition coefficient (Wildman–Crippen LogP) is 2.39. The van der Waals surface area contributed by atoms with Gasteiger partial charge in [0.15, 0.2) is 0 Å². The summed E-state index contributed by atoms with van der Waals surface area (Å²) in [7, 11) is 1.61. The first kappa shape index (κ1) is 14.8. The van der Waals surface area contributed by atoms with Crippen LogP contribution in [0.25, 0.3) is 0 Å². The summed E-state index contributed by atoms with van der Waals surface area (Å²) < 4.78 is 18.2. The minimum Gasteiger partial charge on any atom is -0.497 e.